The molecule has 0 heterocycles. The number of benzene rings is 2. The van der Waals surface area contributed by atoms with E-state index in [0.29, 0.717) is 12.5 Å². The first-order chi connectivity index (χ1) is 15.6. The Labute approximate surface area is 193 Å². The Morgan fingerprint density at radius 3 is 2.03 bits per heavy atom. The molecule has 0 fully saturated rings. The highest BCUT2D eigenvalue weighted by molar-refractivity contribution is 6.05. The number of hydrogen-bond acceptors (Lipinski definition) is 2. The Morgan fingerprint density at radius 1 is 0.971 bits per heavy atom. The molecular formula is C24H26F6N2O2. The third kappa shape index (κ3) is 5.71. The largest absolute Gasteiger partial charge is 0.432 e. The summed E-state index contributed by atoms with van der Waals surface area (Å²) < 4.78 is 83.1. The number of nitrogens with one attached hydrogen (secondary N) is 2. The van der Waals surface area contributed by atoms with E-state index < -0.39 is 29.2 Å². The Hall–Kier alpha value is -3.04. The average molecular weight is 488 g/mol. The highest BCUT2D eigenvalue weighted by Gasteiger charge is 2.70. The summed E-state index contributed by atoms with van der Waals surface area (Å²) in [7, 11) is 0. The zero-order chi connectivity index (χ0) is 25.9. The van der Waals surface area contributed by atoms with Crippen LogP contribution in [-0.2, 0) is 23.4 Å². The van der Waals surface area contributed by atoms with E-state index in [2.05, 4.69) is 10.6 Å². The van der Waals surface area contributed by atoms with Crippen LogP contribution in [0.3, 0.4) is 0 Å². The summed E-state index contributed by atoms with van der Waals surface area (Å²) >= 11 is 0. The Balaban J connectivity index is 2.43. The van der Waals surface area contributed by atoms with Gasteiger partial charge in [-0.05, 0) is 48.2 Å². The van der Waals surface area contributed by atoms with E-state index in [1.807, 2.05) is 0 Å². The van der Waals surface area contributed by atoms with Crippen LogP contribution in [0, 0.1) is 6.92 Å². The minimum atomic E-state index is -5.86. The number of anilines is 1. The van der Waals surface area contributed by atoms with Crippen molar-refractivity contribution in [3.8, 4) is 0 Å². The fourth-order valence-electron chi connectivity index (χ4n) is 3.56. The minimum Gasteiger partial charge on any atom is -0.352 e. The molecular weight excluding hydrogens is 462 g/mol. The number of carbonyl (C=O) groups is 2. The quantitative estimate of drug-likeness (QED) is 0.434. The summed E-state index contributed by atoms with van der Waals surface area (Å²) in [5.41, 5.74) is -4.86. The van der Waals surface area contributed by atoms with Crippen molar-refractivity contribution in [2.24, 2.45) is 0 Å². The standard InChI is InChI=1S/C24H26F6N2O2/c1-5-6-18-12-19(23(27,22(4,25)26)24(28,29)30)11-14(2)20(18)32-21(34)17-9-7-16(8-10-17)13-31-15(3)33/h7-12H,5-6,13H2,1-4H3,(H,31,33)(H,32,34). The highest BCUT2D eigenvalue weighted by atomic mass is 19.4. The summed E-state index contributed by atoms with van der Waals surface area (Å²) in [5.74, 6) is -5.53. The van der Waals surface area contributed by atoms with Crippen molar-refractivity contribution >= 4 is 17.5 Å². The minimum absolute atomic E-state index is 0.0205. The molecule has 2 aromatic rings. The number of alkyl halides is 6. The van der Waals surface area contributed by atoms with Gasteiger partial charge >= 0.3 is 6.18 Å². The van der Waals surface area contributed by atoms with Crippen molar-refractivity contribution in [1.82, 2.24) is 5.32 Å². The molecule has 4 nitrogen and oxygen atoms in total. The number of aryl methyl sites for hydroxylation is 2. The van der Waals surface area contributed by atoms with E-state index in [9.17, 15) is 35.9 Å². The second kappa shape index (κ2) is 10.1. The molecule has 1 atom stereocenters. The van der Waals surface area contributed by atoms with Gasteiger partial charge in [0, 0.05) is 37.2 Å². The molecule has 0 saturated heterocycles. The first-order valence-corrected chi connectivity index (χ1v) is 10.5. The van der Waals surface area contributed by atoms with Gasteiger partial charge in [-0.3, -0.25) is 9.59 Å². The maximum atomic E-state index is 15.0. The maximum absolute atomic E-state index is 15.0. The molecule has 0 saturated carbocycles. The van der Waals surface area contributed by atoms with Crippen molar-refractivity contribution in [2.45, 2.75) is 64.8 Å². The summed E-state index contributed by atoms with van der Waals surface area (Å²) in [6.45, 7) is 4.56. The SMILES string of the molecule is CCCc1cc(C(F)(C(C)(F)F)C(F)(F)F)cc(C)c1NC(=O)c1ccc(CNC(C)=O)cc1. The third-order valence-corrected chi connectivity index (χ3v) is 5.33. The predicted molar refractivity (Wildman–Crippen MR) is 117 cm³/mol. The fraction of sp³-hybridized carbons (Fsp3) is 0.417. The molecule has 34 heavy (non-hydrogen) atoms. The second-order valence-electron chi connectivity index (χ2n) is 8.18. The summed E-state index contributed by atoms with van der Waals surface area (Å²) in [5, 5.41) is 5.22. The van der Waals surface area contributed by atoms with E-state index in [1.165, 1.54) is 26.0 Å². The Kier molecular flexibility index (Phi) is 8.06. The summed E-state index contributed by atoms with van der Waals surface area (Å²) in [6, 6.07) is 7.69. The molecule has 2 N–H and O–H groups in total. The van der Waals surface area contributed by atoms with E-state index in [-0.39, 0.29) is 48.2 Å². The molecule has 10 heteroatoms. The lowest BCUT2D eigenvalue weighted by Gasteiger charge is -2.34. The number of carbonyl (C=O) groups excluding carboxylic acids is 2. The molecule has 0 spiro atoms. The molecule has 0 aromatic heterocycles. The smallest absolute Gasteiger partial charge is 0.352 e. The molecule has 186 valence electrons. The van der Waals surface area contributed by atoms with Gasteiger partial charge in [0.15, 0.2) is 0 Å². The molecule has 2 rings (SSSR count). The topological polar surface area (TPSA) is 58.2 Å². The van der Waals surface area contributed by atoms with Crippen molar-refractivity contribution < 1.29 is 35.9 Å². The predicted octanol–water partition coefficient (Wildman–Crippen LogP) is 6.22. The van der Waals surface area contributed by atoms with Crippen molar-refractivity contribution in [1.29, 1.82) is 0 Å². The number of rotatable bonds is 8. The lowest BCUT2D eigenvalue weighted by atomic mass is 9.85. The molecule has 0 aliphatic heterocycles. The first-order valence-electron chi connectivity index (χ1n) is 10.5. The van der Waals surface area contributed by atoms with E-state index in [4.69, 9.17) is 0 Å². The molecule has 0 aliphatic rings. The zero-order valence-corrected chi connectivity index (χ0v) is 19.2. The lowest BCUT2D eigenvalue weighted by molar-refractivity contribution is -0.304. The van der Waals surface area contributed by atoms with Gasteiger partial charge in [-0.25, -0.2) is 13.2 Å². The van der Waals surface area contributed by atoms with E-state index in [0.717, 1.165) is 11.6 Å². The molecule has 0 aliphatic carbocycles. The molecule has 1 unspecified atom stereocenters. The normalized spacial score (nSPS) is 13.8. The van der Waals surface area contributed by atoms with Gasteiger partial charge < -0.3 is 10.6 Å². The lowest BCUT2D eigenvalue weighted by Crippen LogP contribution is -2.51. The Morgan fingerprint density at radius 2 is 1.56 bits per heavy atom. The average Bonchev–Trinajstić information content (AvgIpc) is 2.72. The number of hydrogen-bond donors (Lipinski definition) is 2. The van der Waals surface area contributed by atoms with Crippen LogP contribution in [0.1, 0.15) is 59.8 Å². The third-order valence-electron chi connectivity index (χ3n) is 5.33. The van der Waals surface area contributed by atoms with Gasteiger partial charge in [-0.15, -0.1) is 0 Å². The number of amides is 2. The van der Waals surface area contributed by atoms with Crippen molar-refractivity contribution in [2.75, 3.05) is 5.32 Å². The van der Waals surface area contributed by atoms with Crippen LogP contribution in [0.2, 0.25) is 0 Å². The van der Waals surface area contributed by atoms with E-state index in [1.54, 1.807) is 19.1 Å². The molecule has 0 radical (unpaired) electrons. The zero-order valence-electron chi connectivity index (χ0n) is 19.2. The van der Waals surface area contributed by atoms with Gasteiger partial charge in [0.2, 0.25) is 5.91 Å². The van der Waals surface area contributed by atoms with Crippen LogP contribution >= 0.6 is 0 Å². The summed E-state index contributed by atoms with van der Waals surface area (Å²) in [6.07, 6.45) is -5.31. The van der Waals surface area contributed by atoms with Crippen LogP contribution in [0.25, 0.3) is 0 Å². The monoisotopic (exact) mass is 488 g/mol. The molecule has 0 bridgehead atoms. The second-order valence-corrected chi connectivity index (χ2v) is 8.18. The van der Waals surface area contributed by atoms with Crippen LogP contribution in [-0.4, -0.2) is 23.9 Å². The molecule has 2 amide bonds. The van der Waals surface area contributed by atoms with Crippen LogP contribution < -0.4 is 10.6 Å². The number of halogens is 6. The Bertz CT molecular complexity index is 1030. The van der Waals surface area contributed by atoms with E-state index >= 15 is 0 Å². The van der Waals surface area contributed by atoms with Crippen molar-refractivity contribution in [3.05, 3.63) is 64.2 Å². The maximum Gasteiger partial charge on any atom is 0.432 e. The summed E-state index contributed by atoms with van der Waals surface area (Å²) in [4.78, 5) is 23.8. The highest BCUT2D eigenvalue weighted by Crippen LogP contribution is 2.53. The van der Waals surface area contributed by atoms with Crippen LogP contribution in [0.5, 0.6) is 0 Å². The van der Waals surface area contributed by atoms with Crippen molar-refractivity contribution in [3.63, 3.8) is 0 Å². The van der Waals surface area contributed by atoms with Crippen LogP contribution in [0.4, 0.5) is 32.0 Å². The molecule has 2 aromatic carbocycles. The fourth-order valence-corrected chi connectivity index (χ4v) is 3.56. The van der Waals surface area contributed by atoms with Gasteiger partial charge in [-0.2, -0.15) is 13.2 Å². The van der Waals surface area contributed by atoms with Gasteiger partial charge in [0.25, 0.3) is 17.5 Å². The van der Waals surface area contributed by atoms with Crippen LogP contribution in [0.15, 0.2) is 36.4 Å². The van der Waals surface area contributed by atoms with Gasteiger partial charge in [0.05, 0.1) is 0 Å². The first kappa shape index (κ1) is 27.2. The van der Waals surface area contributed by atoms with Gasteiger partial charge in [0.1, 0.15) is 0 Å². The van der Waals surface area contributed by atoms with Gasteiger partial charge in [-0.1, -0.05) is 31.5 Å².